The predicted octanol–water partition coefficient (Wildman–Crippen LogP) is 4.89. The Morgan fingerprint density at radius 1 is 1.07 bits per heavy atom. The number of ketones is 1. The average molecular weight is 371 g/mol. The first-order chi connectivity index (χ1) is 13.1. The fourth-order valence-corrected chi connectivity index (χ4v) is 4.14. The molecule has 1 aromatic carbocycles. The van der Waals surface area contributed by atoms with E-state index in [2.05, 4.69) is 11.5 Å². The lowest BCUT2D eigenvalue weighted by molar-refractivity contribution is 0.0916. The quantitative estimate of drug-likeness (QED) is 0.650. The zero-order valence-electron chi connectivity index (χ0n) is 16.7. The highest BCUT2D eigenvalue weighted by Gasteiger charge is 2.23. The molecule has 1 fully saturated rings. The van der Waals surface area contributed by atoms with Gasteiger partial charge in [-0.1, -0.05) is 25.3 Å². The van der Waals surface area contributed by atoms with Gasteiger partial charge in [-0.15, -0.1) is 0 Å². The summed E-state index contributed by atoms with van der Waals surface area (Å²) in [5.74, 6) is 1.53. The monoisotopic (exact) mass is 371 g/mol. The van der Waals surface area contributed by atoms with E-state index in [9.17, 15) is 4.79 Å². The van der Waals surface area contributed by atoms with Gasteiger partial charge < -0.3 is 18.8 Å². The maximum Gasteiger partial charge on any atom is 0.203 e. The number of carbonyl (C=O) groups excluding carboxylic acids is 1. The lowest BCUT2D eigenvalue weighted by Crippen LogP contribution is -2.17. The Morgan fingerprint density at radius 2 is 1.70 bits per heavy atom. The molecule has 146 valence electrons. The molecule has 1 heterocycles. The van der Waals surface area contributed by atoms with Crippen molar-refractivity contribution in [1.29, 1.82) is 0 Å². The van der Waals surface area contributed by atoms with Crippen LogP contribution in [0.4, 0.5) is 0 Å². The SMILES string of the molecule is COc1cccc(OC)c1OCC(=O)c1cc(C)n(C2CCCCC2)c1C. The van der Waals surface area contributed by atoms with Crippen molar-refractivity contribution in [2.24, 2.45) is 0 Å². The number of aryl methyl sites for hydroxylation is 1. The van der Waals surface area contributed by atoms with Crippen LogP contribution in [0.15, 0.2) is 24.3 Å². The molecule has 0 atom stereocenters. The van der Waals surface area contributed by atoms with Crippen LogP contribution in [-0.4, -0.2) is 31.2 Å². The molecule has 1 aliphatic rings. The Hall–Kier alpha value is -2.43. The van der Waals surface area contributed by atoms with E-state index in [1.54, 1.807) is 26.4 Å². The third kappa shape index (κ3) is 3.97. The first-order valence-corrected chi connectivity index (χ1v) is 9.62. The summed E-state index contributed by atoms with van der Waals surface area (Å²) in [7, 11) is 3.14. The molecule has 1 aliphatic carbocycles. The second-order valence-electron chi connectivity index (χ2n) is 7.15. The molecule has 27 heavy (non-hydrogen) atoms. The number of benzene rings is 1. The highest BCUT2D eigenvalue weighted by molar-refractivity contribution is 5.98. The van der Waals surface area contributed by atoms with Crippen molar-refractivity contribution in [3.63, 3.8) is 0 Å². The zero-order valence-corrected chi connectivity index (χ0v) is 16.7. The first-order valence-electron chi connectivity index (χ1n) is 9.62. The Bertz CT molecular complexity index is 781. The first kappa shape index (κ1) is 19.3. The highest BCUT2D eigenvalue weighted by Crippen LogP contribution is 2.37. The Kier molecular flexibility index (Phi) is 6.09. The molecular weight excluding hydrogens is 342 g/mol. The van der Waals surface area contributed by atoms with Crippen LogP contribution in [0.2, 0.25) is 0 Å². The van der Waals surface area contributed by atoms with Crippen LogP contribution < -0.4 is 14.2 Å². The summed E-state index contributed by atoms with van der Waals surface area (Å²) in [6, 6.07) is 7.91. The molecule has 2 aromatic rings. The second kappa shape index (κ2) is 8.51. The number of carbonyl (C=O) groups is 1. The third-order valence-electron chi connectivity index (χ3n) is 5.45. The Balaban J connectivity index is 1.78. The van der Waals surface area contributed by atoms with E-state index in [1.165, 1.54) is 32.1 Å². The number of methoxy groups -OCH3 is 2. The molecule has 0 saturated heterocycles. The van der Waals surface area contributed by atoms with Crippen molar-refractivity contribution in [3.8, 4) is 17.2 Å². The van der Waals surface area contributed by atoms with E-state index >= 15 is 0 Å². The van der Waals surface area contributed by atoms with Crippen LogP contribution in [-0.2, 0) is 0 Å². The van der Waals surface area contributed by atoms with Gasteiger partial charge in [-0.05, 0) is 44.9 Å². The van der Waals surface area contributed by atoms with Crippen molar-refractivity contribution in [2.75, 3.05) is 20.8 Å². The van der Waals surface area contributed by atoms with Gasteiger partial charge in [-0.25, -0.2) is 0 Å². The summed E-state index contributed by atoms with van der Waals surface area (Å²) in [5.41, 5.74) is 2.93. The maximum atomic E-state index is 12.9. The van der Waals surface area contributed by atoms with Crippen LogP contribution in [0.3, 0.4) is 0 Å². The van der Waals surface area contributed by atoms with Crippen LogP contribution in [0, 0.1) is 13.8 Å². The minimum absolute atomic E-state index is 0.0295. The topological polar surface area (TPSA) is 49.7 Å². The molecule has 0 N–H and O–H groups in total. The van der Waals surface area contributed by atoms with Gasteiger partial charge in [0.25, 0.3) is 0 Å². The average Bonchev–Trinajstić information content (AvgIpc) is 3.00. The Labute approximate surface area is 161 Å². The van der Waals surface area contributed by atoms with Gasteiger partial charge >= 0.3 is 0 Å². The van der Waals surface area contributed by atoms with Gasteiger partial charge in [0.1, 0.15) is 0 Å². The molecule has 0 amide bonds. The summed E-state index contributed by atoms with van der Waals surface area (Å²) in [6.07, 6.45) is 6.23. The fraction of sp³-hybridized carbons (Fsp3) is 0.500. The van der Waals surface area contributed by atoms with E-state index < -0.39 is 0 Å². The minimum Gasteiger partial charge on any atom is -0.493 e. The molecular formula is C22H29NO4. The van der Waals surface area contributed by atoms with Crippen LogP contribution >= 0.6 is 0 Å². The molecule has 0 spiro atoms. The number of rotatable bonds is 7. The number of hydrogen-bond acceptors (Lipinski definition) is 4. The summed E-state index contributed by atoms with van der Waals surface area (Å²) in [4.78, 5) is 12.9. The minimum atomic E-state index is -0.0499. The van der Waals surface area contributed by atoms with Crippen LogP contribution in [0.5, 0.6) is 17.2 Å². The van der Waals surface area contributed by atoms with E-state index in [0.717, 1.165) is 17.0 Å². The van der Waals surface area contributed by atoms with Crippen molar-refractivity contribution >= 4 is 5.78 Å². The van der Waals surface area contributed by atoms with Crippen molar-refractivity contribution < 1.29 is 19.0 Å². The molecule has 5 heteroatoms. The van der Waals surface area contributed by atoms with Gasteiger partial charge in [0, 0.05) is 23.0 Å². The summed E-state index contributed by atoms with van der Waals surface area (Å²) in [6.45, 7) is 4.08. The number of nitrogens with zero attached hydrogens (tertiary/aromatic N) is 1. The van der Waals surface area contributed by atoms with Crippen molar-refractivity contribution in [1.82, 2.24) is 4.57 Å². The predicted molar refractivity (Wildman–Crippen MR) is 105 cm³/mol. The van der Waals surface area contributed by atoms with Crippen LogP contribution in [0.25, 0.3) is 0 Å². The second-order valence-corrected chi connectivity index (χ2v) is 7.15. The number of Topliss-reactive ketones (excluding diaryl/α,β-unsaturated/α-hetero) is 1. The van der Waals surface area contributed by atoms with Gasteiger partial charge in [-0.3, -0.25) is 4.79 Å². The van der Waals surface area contributed by atoms with Crippen molar-refractivity contribution in [2.45, 2.75) is 52.0 Å². The zero-order chi connectivity index (χ0) is 19.4. The number of para-hydroxylation sites is 1. The number of hydrogen-bond donors (Lipinski definition) is 0. The summed E-state index contributed by atoms with van der Waals surface area (Å²) in [5, 5.41) is 0. The largest absolute Gasteiger partial charge is 0.493 e. The third-order valence-corrected chi connectivity index (χ3v) is 5.45. The van der Waals surface area contributed by atoms with Gasteiger partial charge in [-0.2, -0.15) is 0 Å². The highest BCUT2D eigenvalue weighted by atomic mass is 16.5. The molecule has 1 aromatic heterocycles. The lowest BCUT2D eigenvalue weighted by atomic mass is 9.95. The van der Waals surface area contributed by atoms with Gasteiger partial charge in [0.2, 0.25) is 11.5 Å². The fourth-order valence-electron chi connectivity index (χ4n) is 4.14. The molecule has 3 rings (SSSR count). The van der Waals surface area contributed by atoms with E-state index in [-0.39, 0.29) is 12.4 Å². The molecule has 0 radical (unpaired) electrons. The molecule has 0 bridgehead atoms. The Morgan fingerprint density at radius 3 is 2.30 bits per heavy atom. The molecule has 0 unspecified atom stereocenters. The molecule has 0 aliphatic heterocycles. The van der Waals surface area contributed by atoms with Crippen LogP contribution in [0.1, 0.15) is 59.9 Å². The van der Waals surface area contributed by atoms with E-state index in [0.29, 0.717) is 23.3 Å². The van der Waals surface area contributed by atoms with E-state index in [1.807, 2.05) is 19.1 Å². The lowest BCUT2D eigenvalue weighted by Gasteiger charge is -2.26. The van der Waals surface area contributed by atoms with Gasteiger partial charge in [0.15, 0.2) is 18.1 Å². The molecule has 1 saturated carbocycles. The normalized spacial score (nSPS) is 14.8. The maximum absolute atomic E-state index is 12.9. The van der Waals surface area contributed by atoms with Crippen molar-refractivity contribution in [3.05, 3.63) is 41.2 Å². The summed E-state index contributed by atoms with van der Waals surface area (Å²) < 4.78 is 18.8. The number of aromatic nitrogens is 1. The smallest absolute Gasteiger partial charge is 0.203 e. The molecule has 5 nitrogen and oxygen atoms in total. The van der Waals surface area contributed by atoms with E-state index in [4.69, 9.17) is 14.2 Å². The standard InChI is InChI=1S/C22H29NO4/c1-15-13-18(16(2)23(15)17-9-6-5-7-10-17)19(24)14-27-22-20(25-3)11-8-12-21(22)26-4/h8,11-13,17H,5-7,9-10,14H2,1-4H3. The number of ether oxygens (including phenoxy) is 3. The summed E-state index contributed by atoms with van der Waals surface area (Å²) >= 11 is 0. The van der Waals surface area contributed by atoms with Gasteiger partial charge in [0.05, 0.1) is 14.2 Å².